The van der Waals surface area contributed by atoms with Crippen LogP contribution in [0.4, 0.5) is 0 Å². The van der Waals surface area contributed by atoms with Gasteiger partial charge in [0.25, 0.3) is 0 Å². The molecule has 1 aromatic carbocycles. The maximum atomic E-state index is 12.4. The number of halogens is 1. The second-order valence-corrected chi connectivity index (χ2v) is 5.82. The lowest BCUT2D eigenvalue weighted by Gasteiger charge is -2.37. The van der Waals surface area contributed by atoms with E-state index in [0.717, 1.165) is 5.56 Å². The zero-order valence-corrected chi connectivity index (χ0v) is 12.0. The molecule has 1 fully saturated rings. The summed E-state index contributed by atoms with van der Waals surface area (Å²) in [7, 11) is 0. The van der Waals surface area contributed by atoms with E-state index in [9.17, 15) is 9.59 Å². The standard InChI is InChI=1S/C15H17ClO3/c1-4-11-12(9-5-7-10(16)8-6-9)19-14(18)15(2,3)13(11)17/h5-8,11-12H,4H2,1-3H3/t11-,12+/m0/s1. The molecule has 0 saturated carbocycles. The van der Waals surface area contributed by atoms with Gasteiger partial charge in [-0.05, 0) is 38.0 Å². The number of cyclic esters (lactones) is 1. The Balaban J connectivity index is 2.38. The van der Waals surface area contributed by atoms with Crippen molar-refractivity contribution in [2.45, 2.75) is 33.3 Å². The third kappa shape index (κ3) is 2.39. The summed E-state index contributed by atoms with van der Waals surface area (Å²) in [6.07, 6.45) is 0.137. The number of hydrogen-bond donors (Lipinski definition) is 0. The number of carbonyl (C=O) groups is 2. The number of Topliss-reactive ketones (excluding diaryl/α,β-unsaturated/α-hetero) is 1. The van der Waals surface area contributed by atoms with Crippen LogP contribution in [-0.4, -0.2) is 11.8 Å². The molecule has 0 aliphatic carbocycles. The Hall–Kier alpha value is -1.35. The molecule has 1 aliphatic rings. The zero-order valence-electron chi connectivity index (χ0n) is 11.3. The van der Waals surface area contributed by atoms with Crippen LogP contribution in [-0.2, 0) is 14.3 Å². The van der Waals surface area contributed by atoms with Gasteiger partial charge in [0.2, 0.25) is 0 Å². The lowest BCUT2D eigenvalue weighted by Crippen LogP contribution is -2.47. The van der Waals surface area contributed by atoms with Gasteiger partial charge in [-0.25, -0.2) is 0 Å². The minimum atomic E-state index is -1.05. The Kier molecular flexibility index (Phi) is 3.68. The van der Waals surface area contributed by atoms with Crippen molar-refractivity contribution in [2.24, 2.45) is 11.3 Å². The quantitative estimate of drug-likeness (QED) is 0.614. The van der Waals surface area contributed by atoms with Crippen LogP contribution in [0.3, 0.4) is 0 Å². The van der Waals surface area contributed by atoms with Crippen LogP contribution in [0, 0.1) is 11.3 Å². The van der Waals surface area contributed by atoms with Gasteiger partial charge in [-0.1, -0.05) is 30.7 Å². The minimum absolute atomic E-state index is 0.0498. The molecular formula is C15H17ClO3. The summed E-state index contributed by atoms with van der Waals surface area (Å²) < 4.78 is 5.50. The molecule has 0 unspecified atom stereocenters. The number of esters is 1. The largest absolute Gasteiger partial charge is 0.456 e. The number of ether oxygens (including phenoxy) is 1. The Labute approximate surface area is 117 Å². The average molecular weight is 281 g/mol. The third-order valence-corrected chi connectivity index (χ3v) is 3.95. The predicted octanol–water partition coefficient (Wildman–Crippen LogP) is 3.56. The van der Waals surface area contributed by atoms with Gasteiger partial charge in [0.15, 0.2) is 5.78 Å². The van der Waals surface area contributed by atoms with Gasteiger partial charge in [-0.15, -0.1) is 0 Å². The molecule has 2 atom stereocenters. The fourth-order valence-corrected chi connectivity index (χ4v) is 2.52. The summed E-state index contributed by atoms with van der Waals surface area (Å²) in [5, 5.41) is 0.616. The smallest absolute Gasteiger partial charge is 0.319 e. The van der Waals surface area contributed by atoms with Gasteiger partial charge in [0.05, 0.1) is 5.92 Å². The topological polar surface area (TPSA) is 43.4 Å². The lowest BCUT2D eigenvalue weighted by molar-refractivity contribution is -0.179. The van der Waals surface area contributed by atoms with Crippen LogP contribution in [0.2, 0.25) is 5.02 Å². The monoisotopic (exact) mass is 280 g/mol. The second-order valence-electron chi connectivity index (χ2n) is 5.38. The van der Waals surface area contributed by atoms with Crippen molar-refractivity contribution >= 4 is 23.4 Å². The Morgan fingerprint density at radius 3 is 2.32 bits per heavy atom. The van der Waals surface area contributed by atoms with Gasteiger partial charge in [-0.3, -0.25) is 9.59 Å². The number of benzene rings is 1. The molecule has 1 heterocycles. The van der Waals surface area contributed by atoms with E-state index >= 15 is 0 Å². The highest BCUT2D eigenvalue weighted by molar-refractivity contribution is 6.30. The first kappa shape index (κ1) is 14.1. The highest BCUT2D eigenvalue weighted by Crippen LogP contribution is 2.41. The van der Waals surface area contributed by atoms with Crippen molar-refractivity contribution in [3.8, 4) is 0 Å². The molecule has 1 aliphatic heterocycles. The van der Waals surface area contributed by atoms with Crippen molar-refractivity contribution in [1.82, 2.24) is 0 Å². The second kappa shape index (κ2) is 4.97. The number of rotatable bonds is 2. The highest BCUT2D eigenvalue weighted by Gasteiger charge is 2.50. The third-order valence-electron chi connectivity index (χ3n) is 3.70. The van der Waals surface area contributed by atoms with E-state index in [1.807, 2.05) is 6.92 Å². The summed E-state index contributed by atoms with van der Waals surface area (Å²) in [5.74, 6) is -0.803. The average Bonchev–Trinajstić information content (AvgIpc) is 2.37. The molecule has 0 amide bonds. The first-order chi connectivity index (χ1) is 8.87. The van der Waals surface area contributed by atoms with Crippen molar-refractivity contribution in [3.05, 3.63) is 34.9 Å². The maximum Gasteiger partial charge on any atom is 0.319 e. The number of ketones is 1. The fraction of sp³-hybridized carbons (Fsp3) is 0.467. The van der Waals surface area contributed by atoms with E-state index in [-0.39, 0.29) is 11.7 Å². The van der Waals surface area contributed by atoms with Crippen LogP contribution in [0.1, 0.15) is 38.9 Å². The van der Waals surface area contributed by atoms with Crippen LogP contribution < -0.4 is 0 Å². The lowest BCUT2D eigenvalue weighted by atomic mass is 9.74. The molecule has 0 radical (unpaired) electrons. The van der Waals surface area contributed by atoms with Crippen LogP contribution in [0.15, 0.2) is 24.3 Å². The molecule has 3 nitrogen and oxygen atoms in total. The van der Waals surface area contributed by atoms with Gasteiger partial charge in [0.1, 0.15) is 11.5 Å². The van der Waals surface area contributed by atoms with E-state index in [1.54, 1.807) is 38.1 Å². The first-order valence-corrected chi connectivity index (χ1v) is 6.76. The van der Waals surface area contributed by atoms with Crippen LogP contribution in [0.5, 0.6) is 0 Å². The highest BCUT2D eigenvalue weighted by atomic mass is 35.5. The molecule has 0 spiro atoms. The predicted molar refractivity (Wildman–Crippen MR) is 72.9 cm³/mol. The zero-order chi connectivity index (χ0) is 14.2. The number of carbonyl (C=O) groups excluding carboxylic acids is 2. The summed E-state index contributed by atoms with van der Waals surface area (Å²) in [4.78, 5) is 24.4. The van der Waals surface area contributed by atoms with Crippen molar-refractivity contribution in [2.75, 3.05) is 0 Å². The molecule has 2 rings (SSSR count). The van der Waals surface area contributed by atoms with Gasteiger partial charge >= 0.3 is 5.97 Å². The molecule has 0 bridgehead atoms. The van der Waals surface area contributed by atoms with E-state index in [4.69, 9.17) is 16.3 Å². The molecule has 0 aromatic heterocycles. The molecule has 1 aromatic rings. The van der Waals surface area contributed by atoms with Gasteiger partial charge < -0.3 is 4.74 Å². The normalized spacial score (nSPS) is 26.1. The molecule has 1 saturated heterocycles. The fourth-order valence-electron chi connectivity index (χ4n) is 2.40. The summed E-state index contributed by atoms with van der Waals surface area (Å²) in [6.45, 7) is 5.18. The van der Waals surface area contributed by atoms with E-state index < -0.39 is 17.5 Å². The molecule has 19 heavy (non-hydrogen) atoms. The van der Waals surface area contributed by atoms with Crippen LogP contribution in [0.25, 0.3) is 0 Å². The Bertz CT molecular complexity index is 505. The molecule has 4 heteroatoms. The number of hydrogen-bond acceptors (Lipinski definition) is 3. The van der Waals surface area contributed by atoms with Crippen molar-refractivity contribution in [1.29, 1.82) is 0 Å². The molecule has 0 N–H and O–H groups in total. The SMILES string of the molecule is CC[C@@H]1C(=O)C(C)(C)C(=O)O[C@@H]1c1ccc(Cl)cc1. The molecule has 102 valence electrons. The van der Waals surface area contributed by atoms with Crippen molar-refractivity contribution < 1.29 is 14.3 Å². The minimum Gasteiger partial charge on any atom is -0.456 e. The maximum absolute atomic E-state index is 12.4. The molecular weight excluding hydrogens is 264 g/mol. The van der Waals surface area contributed by atoms with Crippen LogP contribution >= 0.6 is 11.6 Å². The summed E-state index contributed by atoms with van der Waals surface area (Å²) in [6, 6.07) is 7.08. The summed E-state index contributed by atoms with van der Waals surface area (Å²) >= 11 is 5.85. The van der Waals surface area contributed by atoms with E-state index in [1.165, 1.54) is 0 Å². The Morgan fingerprint density at radius 2 is 1.79 bits per heavy atom. The van der Waals surface area contributed by atoms with E-state index in [0.29, 0.717) is 11.4 Å². The van der Waals surface area contributed by atoms with E-state index in [2.05, 4.69) is 0 Å². The van der Waals surface area contributed by atoms with Gasteiger partial charge in [0, 0.05) is 5.02 Å². The van der Waals surface area contributed by atoms with Crippen molar-refractivity contribution in [3.63, 3.8) is 0 Å². The van der Waals surface area contributed by atoms with Gasteiger partial charge in [-0.2, -0.15) is 0 Å². The first-order valence-electron chi connectivity index (χ1n) is 6.38. The Morgan fingerprint density at radius 1 is 1.21 bits per heavy atom. The summed E-state index contributed by atoms with van der Waals surface area (Å²) in [5.41, 5.74) is -0.239.